The highest BCUT2D eigenvalue weighted by molar-refractivity contribution is 9.10. The van der Waals surface area contributed by atoms with Crippen molar-refractivity contribution >= 4 is 31.9 Å². The highest BCUT2D eigenvalue weighted by Gasteiger charge is 2.12. The molecule has 0 aliphatic rings. The Morgan fingerprint density at radius 2 is 0.950 bits per heavy atom. The fraction of sp³-hybridized carbons (Fsp3) is 0.250. The zero-order chi connectivity index (χ0) is 14.5. The van der Waals surface area contributed by atoms with Gasteiger partial charge in [-0.2, -0.15) is 0 Å². The van der Waals surface area contributed by atoms with E-state index in [0.29, 0.717) is 12.8 Å². The summed E-state index contributed by atoms with van der Waals surface area (Å²) in [6.45, 7) is 0. The molecule has 2 aromatic rings. The number of hydrogen-bond donors (Lipinski definition) is 2. The Morgan fingerprint density at radius 3 is 1.25 bits per heavy atom. The molecule has 0 aromatic heterocycles. The lowest BCUT2D eigenvalue weighted by Crippen LogP contribution is -2.03. The smallest absolute Gasteiger partial charge is 0.0791 e. The van der Waals surface area contributed by atoms with Crippen molar-refractivity contribution in [2.75, 3.05) is 0 Å². The maximum atomic E-state index is 10.1. The van der Waals surface area contributed by atoms with Crippen LogP contribution < -0.4 is 0 Å². The van der Waals surface area contributed by atoms with Crippen molar-refractivity contribution in [1.29, 1.82) is 0 Å². The summed E-state index contributed by atoms with van der Waals surface area (Å²) < 4.78 is 1.98. The van der Waals surface area contributed by atoms with E-state index >= 15 is 0 Å². The Bertz CT molecular complexity index is 486. The first-order chi connectivity index (χ1) is 9.56. The third-order valence-corrected chi connectivity index (χ3v) is 4.28. The van der Waals surface area contributed by atoms with Gasteiger partial charge in [-0.25, -0.2) is 0 Å². The van der Waals surface area contributed by atoms with Crippen molar-refractivity contribution in [3.05, 3.63) is 68.6 Å². The largest absolute Gasteiger partial charge is 0.388 e. The van der Waals surface area contributed by atoms with Gasteiger partial charge in [-0.05, 0) is 48.2 Å². The van der Waals surface area contributed by atoms with Gasteiger partial charge in [0, 0.05) is 8.95 Å². The lowest BCUT2D eigenvalue weighted by Gasteiger charge is -2.15. The first kappa shape index (κ1) is 15.7. The summed E-state index contributed by atoms with van der Waals surface area (Å²) >= 11 is 6.74. The minimum atomic E-state index is -0.548. The van der Waals surface area contributed by atoms with Gasteiger partial charge in [0.25, 0.3) is 0 Å². The molecule has 0 spiro atoms. The second-order valence-electron chi connectivity index (χ2n) is 4.71. The van der Waals surface area contributed by atoms with Crippen molar-refractivity contribution in [1.82, 2.24) is 0 Å². The standard InChI is InChI=1S/C16H16Br2O2/c17-13-5-1-11(2-6-13)15(19)9-10-16(20)12-3-7-14(18)8-4-12/h1-8,15-16,19-20H,9-10H2/t15-,16+. The van der Waals surface area contributed by atoms with Crippen molar-refractivity contribution < 1.29 is 10.2 Å². The van der Waals surface area contributed by atoms with Crippen LogP contribution in [0.2, 0.25) is 0 Å². The van der Waals surface area contributed by atoms with Crippen LogP contribution in [0, 0.1) is 0 Å². The normalized spacial score (nSPS) is 14.0. The molecule has 0 radical (unpaired) electrons. The first-order valence-corrected chi connectivity index (χ1v) is 8.02. The molecule has 0 saturated heterocycles. The fourth-order valence-electron chi connectivity index (χ4n) is 2.02. The van der Waals surface area contributed by atoms with Crippen LogP contribution in [-0.2, 0) is 0 Å². The van der Waals surface area contributed by atoms with Crippen LogP contribution in [0.4, 0.5) is 0 Å². The van der Waals surface area contributed by atoms with E-state index in [1.54, 1.807) is 0 Å². The predicted octanol–water partition coefficient (Wildman–Crippen LogP) is 4.76. The Morgan fingerprint density at radius 1 is 0.650 bits per heavy atom. The zero-order valence-electron chi connectivity index (χ0n) is 10.8. The summed E-state index contributed by atoms with van der Waals surface area (Å²) in [5.41, 5.74) is 1.74. The van der Waals surface area contributed by atoms with Gasteiger partial charge >= 0.3 is 0 Å². The van der Waals surface area contributed by atoms with Gasteiger partial charge in [-0.3, -0.25) is 0 Å². The lowest BCUT2D eigenvalue weighted by atomic mass is 9.99. The van der Waals surface area contributed by atoms with Crippen molar-refractivity contribution in [3.8, 4) is 0 Å². The number of halogens is 2. The zero-order valence-corrected chi connectivity index (χ0v) is 14.0. The summed E-state index contributed by atoms with van der Waals surface area (Å²) in [6.07, 6.45) is -0.0426. The summed E-state index contributed by atoms with van der Waals surface area (Å²) in [7, 11) is 0. The third-order valence-electron chi connectivity index (χ3n) is 3.22. The van der Waals surface area contributed by atoms with Crippen LogP contribution in [0.3, 0.4) is 0 Å². The second kappa shape index (κ2) is 7.36. The van der Waals surface area contributed by atoms with E-state index in [1.807, 2.05) is 48.5 Å². The average molecular weight is 400 g/mol. The molecule has 2 aromatic carbocycles. The summed E-state index contributed by atoms with van der Waals surface area (Å²) in [5, 5.41) is 20.2. The lowest BCUT2D eigenvalue weighted by molar-refractivity contribution is 0.115. The Kier molecular flexibility index (Phi) is 5.78. The average Bonchev–Trinajstić information content (AvgIpc) is 2.46. The van der Waals surface area contributed by atoms with Crippen molar-refractivity contribution in [2.24, 2.45) is 0 Å². The van der Waals surface area contributed by atoms with E-state index in [0.717, 1.165) is 20.1 Å². The molecule has 0 aliphatic heterocycles. The number of rotatable bonds is 5. The molecule has 20 heavy (non-hydrogen) atoms. The van der Waals surface area contributed by atoms with Crippen LogP contribution in [-0.4, -0.2) is 10.2 Å². The molecule has 0 fully saturated rings. The van der Waals surface area contributed by atoms with E-state index in [-0.39, 0.29) is 0 Å². The van der Waals surface area contributed by atoms with Crippen LogP contribution >= 0.6 is 31.9 Å². The number of aliphatic hydroxyl groups excluding tert-OH is 2. The molecule has 2 rings (SSSR count). The fourth-order valence-corrected chi connectivity index (χ4v) is 2.55. The van der Waals surface area contributed by atoms with E-state index in [9.17, 15) is 10.2 Å². The molecule has 2 nitrogen and oxygen atoms in total. The highest BCUT2D eigenvalue weighted by atomic mass is 79.9. The maximum Gasteiger partial charge on any atom is 0.0791 e. The first-order valence-electron chi connectivity index (χ1n) is 6.43. The molecule has 0 aliphatic carbocycles. The van der Waals surface area contributed by atoms with Gasteiger partial charge in [0.15, 0.2) is 0 Å². The van der Waals surface area contributed by atoms with E-state index in [4.69, 9.17) is 0 Å². The Hall–Kier alpha value is -0.680. The van der Waals surface area contributed by atoms with Crippen LogP contribution in [0.15, 0.2) is 57.5 Å². The van der Waals surface area contributed by atoms with E-state index < -0.39 is 12.2 Å². The van der Waals surface area contributed by atoms with Crippen molar-refractivity contribution in [3.63, 3.8) is 0 Å². The Balaban J connectivity index is 1.91. The van der Waals surface area contributed by atoms with Gasteiger partial charge in [-0.15, -0.1) is 0 Å². The summed E-state index contributed by atoms with van der Waals surface area (Å²) in [4.78, 5) is 0. The van der Waals surface area contributed by atoms with Gasteiger partial charge in [0.2, 0.25) is 0 Å². The minimum absolute atomic E-state index is 0.527. The maximum absolute atomic E-state index is 10.1. The van der Waals surface area contributed by atoms with Crippen LogP contribution in [0.1, 0.15) is 36.2 Å². The third kappa shape index (κ3) is 4.42. The monoisotopic (exact) mass is 398 g/mol. The molecular weight excluding hydrogens is 384 g/mol. The van der Waals surface area contributed by atoms with Gasteiger partial charge in [0.1, 0.15) is 0 Å². The minimum Gasteiger partial charge on any atom is -0.388 e. The molecule has 0 unspecified atom stereocenters. The predicted molar refractivity (Wildman–Crippen MR) is 87.4 cm³/mol. The molecule has 2 N–H and O–H groups in total. The van der Waals surface area contributed by atoms with E-state index in [1.165, 1.54) is 0 Å². The van der Waals surface area contributed by atoms with Crippen LogP contribution in [0.25, 0.3) is 0 Å². The molecular formula is C16H16Br2O2. The summed E-state index contributed by atoms with van der Waals surface area (Å²) in [5.74, 6) is 0. The molecule has 2 atom stereocenters. The molecule has 4 heteroatoms. The van der Waals surface area contributed by atoms with Gasteiger partial charge in [0.05, 0.1) is 12.2 Å². The van der Waals surface area contributed by atoms with E-state index in [2.05, 4.69) is 31.9 Å². The SMILES string of the molecule is O[C@H](CC[C@H](O)c1ccc(Br)cc1)c1ccc(Br)cc1. The van der Waals surface area contributed by atoms with Crippen LogP contribution in [0.5, 0.6) is 0 Å². The molecule has 0 saturated carbocycles. The quantitative estimate of drug-likeness (QED) is 0.760. The number of hydrogen-bond acceptors (Lipinski definition) is 2. The van der Waals surface area contributed by atoms with Gasteiger partial charge < -0.3 is 10.2 Å². The molecule has 106 valence electrons. The molecule has 0 amide bonds. The number of aliphatic hydroxyl groups is 2. The molecule has 0 heterocycles. The molecule has 0 bridgehead atoms. The second-order valence-corrected chi connectivity index (χ2v) is 6.54. The highest BCUT2D eigenvalue weighted by Crippen LogP contribution is 2.26. The summed E-state index contributed by atoms with van der Waals surface area (Å²) in [6, 6.07) is 15.2. The topological polar surface area (TPSA) is 40.5 Å². The van der Waals surface area contributed by atoms with Gasteiger partial charge in [-0.1, -0.05) is 56.1 Å². The van der Waals surface area contributed by atoms with Crippen molar-refractivity contribution in [2.45, 2.75) is 25.0 Å². The Labute approximate surface area is 135 Å². The number of benzene rings is 2.